The molecule has 0 saturated carbocycles. The fourth-order valence-corrected chi connectivity index (χ4v) is 2.86. The quantitative estimate of drug-likeness (QED) is 0.595. The fraction of sp³-hybridized carbons (Fsp3) is 0.125. The van der Waals surface area contributed by atoms with Crippen molar-refractivity contribution in [2.24, 2.45) is 0 Å². The molecule has 0 atom stereocenters. The van der Waals surface area contributed by atoms with Crippen molar-refractivity contribution in [3.63, 3.8) is 0 Å². The lowest BCUT2D eigenvalue weighted by molar-refractivity contribution is 0.686. The molecule has 120 valence electrons. The van der Waals surface area contributed by atoms with Gasteiger partial charge in [0.15, 0.2) is 0 Å². The molecule has 0 saturated heterocycles. The molecule has 3 N–H and O–H groups in total. The lowest BCUT2D eigenvalue weighted by atomic mass is 10.1. The van der Waals surface area contributed by atoms with E-state index in [1.165, 1.54) is 0 Å². The van der Waals surface area contributed by atoms with Crippen molar-refractivity contribution in [2.75, 3.05) is 5.73 Å². The number of anilines is 1. The molecule has 3 heterocycles. The molecular formula is C16H14ClN7. The topological polar surface area (TPSA) is 98.3 Å². The predicted molar refractivity (Wildman–Crippen MR) is 91.7 cm³/mol. The van der Waals surface area contributed by atoms with E-state index in [1.54, 1.807) is 0 Å². The summed E-state index contributed by atoms with van der Waals surface area (Å²) in [5.41, 5.74) is 10.1. The molecule has 1 aromatic carbocycles. The molecule has 0 aliphatic heterocycles. The van der Waals surface area contributed by atoms with Gasteiger partial charge in [-0.3, -0.25) is 4.68 Å². The zero-order valence-corrected chi connectivity index (χ0v) is 13.4. The standard InChI is InChI=1S/C16H14ClN7/c17-13-4-2-1-3-11(13)9-24-8-10(7-19-24)5-12-6-14(18)20-16-15(12)21-23-22-16/h1-4,6-8H,5,9H2,(H3,18,20,21,22,23). The van der Waals surface area contributed by atoms with E-state index >= 15 is 0 Å². The SMILES string of the molecule is Nc1cc(Cc2cnn(Cc3ccccc3Cl)c2)c2n[nH]nc2n1. The van der Waals surface area contributed by atoms with Crippen LogP contribution < -0.4 is 5.73 Å². The van der Waals surface area contributed by atoms with Crippen LogP contribution in [0, 0.1) is 0 Å². The molecule has 0 spiro atoms. The van der Waals surface area contributed by atoms with Gasteiger partial charge in [-0.2, -0.15) is 15.4 Å². The van der Waals surface area contributed by atoms with E-state index in [4.69, 9.17) is 17.3 Å². The van der Waals surface area contributed by atoms with Gasteiger partial charge in [-0.05, 0) is 28.8 Å². The Kier molecular flexibility index (Phi) is 3.62. The highest BCUT2D eigenvalue weighted by molar-refractivity contribution is 6.31. The van der Waals surface area contributed by atoms with Crippen molar-refractivity contribution < 1.29 is 0 Å². The van der Waals surface area contributed by atoms with Crippen LogP contribution in [0.25, 0.3) is 11.2 Å². The number of hydrogen-bond donors (Lipinski definition) is 2. The summed E-state index contributed by atoms with van der Waals surface area (Å²) in [4.78, 5) is 4.15. The minimum atomic E-state index is 0.426. The maximum absolute atomic E-state index is 6.20. The second-order valence-corrected chi connectivity index (χ2v) is 5.92. The van der Waals surface area contributed by atoms with Crippen LogP contribution in [0.5, 0.6) is 0 Å². The summed E-state index contributed by atoms with van der Waals surface area (Å²) in [5, 5.41) is 15.9. The van der Waals surface area contributed by atoms with Crippen LogP contribution in [0.3, 0.4) is 0 Å². The molecule has 7 nitrogen and oxygen atoms in total. The van der Waals surface area contributed by atoms with E-state index in [0.29, 0.717) is 24.4 Å². The first-order valence-corrected chi connectivity index (χ1v) is 7.77. The monoisotopic (exact) mass is 339 g/mol. The normalized spacial score (nSPS) is 11.2. The molecule has 0 aliphatic carbocycles. The van der Waals surface area contributed by atoms with Gasteiger partial charge in [0.2, 0.25) is 5.65 Å². The van der Waals surface area contributed by atoms with Gasteiger partial charge in [0.25, 0.3) is 0 Å². The number of halogens is 1. The number of nitrogens with one attached hydrogen (secondary N) is 1. The molecule has 0 aliphatic rings. The number of H-pyrrole nitrogens is 1. The van der Waals surface area contributed by atoms with E-state index in [2.05, 4.69) is 25.5 Å². The van der Waals surface area contributed by atoms with Crippen molar-refractivity contribution in [2.45, 2.75) is 13.0 Å². The molecule has 24 heavy (non-hydrogen) atoms. The molecule has 0 unspecified atom stereocenters. The van der Waals surface area contributed by atoms with Crippen LogP contribution in [-0.2, 0) is 13.0 Å². The molecule has 8 heteroatoms. The summed E-state index contributed by atoms with van der Waals surface area (Å²) < 4.78 is 1.86. The number of aromatic nitrogens is 6. The van der Waals surface area contributed by atoms with Gasteiger partial charge in [0.1, 0.15) is 11.3 Å². The van der Waals surface area contributed by atoms with Crippen LogP contribution in [0.15, 0.2) is 42.7 Å². The zero-order valence-electron chi connectivity index (χ0n) is 12.6. The third-order valence-electron chi connectivity index (χ3n) is 3.76. The highest BCUT2D eigenvalue weighted by Crippen LogP contribution is 2.20. The van der Waals surface area contributed by atoms with Crippen molar-refractivity contribution in [1.82, 2.24) is 30.2 Å². The molecule has 0 radical (unpaired) electrons. The first-order chi connectivity index (χ1) is 11.7. The molecular weight excluding hydrogens is 326 g/mol. The number of rotatable bonds is 4. The highest BCUT2D eigenvalue weighted by atomic mass is 35.5. The summed E-state index contributed by atoms with van der Waals surface area (Å²) in [6.45, 7) is 0.623. The number of nitrogens with two attached hydrogens (primary N) is 1. The molecule has 4 rings (SSSR count). The largest absolute Gasteiger partial charge is 0.384 e. The van der Waals surface area contributed by atoms with Gasteiger partial charge in [0.05, 0.1) is 12.7 Å². The predicted octanol–water partition coefficient (Wildman–Crippen LogP) is 2.42. The number of pyridine rings is 1. The number of nitrogen functional groups attached to an aromatic ring is 1. The van der Waals surface area contributed by atoms with Crippen LogP contribution in [-0.4, -0.2) is 30.2 Å². The van der Waals surface area contributed by atoms with E-state index in [0.717, 1.165) is 27.2 Å². The summed E-state index contributed by atoms with van der Waals surface area (Å²) >= 11 is 6.20. The van der Waals surface area contributed by atoms with Crippen molar-refractivity contribution in [1.29, 1.82) is 0 Å². The second kappa shape index (κ2) is 5.93. The average molecular weight is 340 g/mol. The van der Waals surface area contributed by atoms with Crippen molar-refractivity contribution in [3.8, 4) is 0 Å². The van der Waals surface area contributed by atoms with E-state index in [1.807, 2.05) is 47.4 Å². The van der Waals surface area contributed by atoms with Gasteiger partial charge in [-0.1, -0.05) is 29.8 Å². The smallest absolute Gasteiger partial charge is 0.203 e. The molecule has 0 amide bonds. The minimum Gasteiger partial charge on any atom is -0.384 e. The summed E-state index contributed by atoms with van der Waals surface area (Å²) in [6.07, 6.45) is 4.48. The Hall–Kier alpha value is -2.93. The minimum absolute atomic E-state index is 0.426. The molecule has 3 aromatic heterocycles. The second-order valence-electron chi connectivity index (χ2n) is 5.52. The maximum atomic E-state index is 6.20. The Bertz CT molecular complexity index is 1000. The Morgan fingerprint density at radius 1 is 1.17 bits per heavy atom. The van der Waals surface area contributed by atoms with Crippen LogP contribution >= 0.6 is 11.6 Å². The van der Waals surface area contributed by atoms with Gasteiger partial charge in [-0.25, -0.2) is 4.98 Å². The lowest BCUT2D eigenvalue weighted by Crippen LogP contribution is -2.00. The van der Waals surface area contributed by atoms with Gasteiger partial charge in [0, 0.05) is 17.6 Å². The van der Waals surface area contributed by atoms with Crippen molar-refractivity contribution in [3.05, 3.63) is 64.4 Å². The van der Waals surface area contributed by atoms with Crippen LogP contribution in [0.2, 0.25) is 5.02 Å². The summed E-state index contributed by atoms with van der Waals surface area (Å²) in [7, 11) is 0. The van der Waals surface area contributed by atoms with Crippen molar-refractivity contribution >= 4 is 28.6 Å². The Balaban J connectivity index is 1.59. The number of benzene rings is 1. The van der Waals surface area contributed by atoms with E-state index < -0.39 is 0 Å². The van der Waals surface area contributed by atoms with E-state index in [-0.39, 0.29) is 0 Å². The maximum Gasteiger partial charge on any atom is 0.203 e. The van der Waals surface area contributed by atoms with Gasteiger partial charge >= 0.3 is 0 Å². The Morgan fingerprint density at radius 3 is 2.92 bits per heavy atom. The highest BCUT2D eigenvalue weighted by Gasteiger charge is 2.10. The number of nitrogens with zero attached hydrogens (tertiary/aromatic N) is 5. The Morgan fingerprint density at radius 2 is 2.04 bits per heavy atom. The van der Waals surface area contributed by atoms with Gasteiger partial charge in [-0.15, -0.1) is 5.10 Å². The van der Waals surface area contributed by atoms with Crippen LogP contribution in [0.4, 0.5) is 5.82 Å². The summed E-state index contributed by atoms with van der Waals surface area (Å²) in [5.74, 6) is 0.426. The average Bonchev–Trinajstić information content (AvgIpc) is 3.19. The molecule has 0 fully saturated rings. The summed E-state index contributed by atoms with van der Waals surface area (Å²) in [6, 6.07) is 9.56. The Labute approximate surface area is 142 Å². The third-order valence-corrected chi connectivity index (χ3v) is 4.13. The molecule has 0 bridgehead atoms. The first kappa shape index (κ1) is 14.6. The van der Waals surface area contributed by atoms with Gasteiger partial charge < -0.3 is 5.73 Å². The molecule has 4 aromatic rings. The van der Waals surface area contributed by atoms with E-state index in [9.17, 15) is 0 Å². The third kappa shape index (κ3) is 2.81. The zero-order chi connectivity index (χ0) is 16.5. The number of aromatic amines is 1. The first-order valence-electron chi connectivity index (χ1n) is 7.39. The fourth-order valence-electron chi connectivity index (χ4n) is 2.66. The number of hydrogen-bond acceptors (Lipinski definition) is 5. The lowest BCUT2D eigenvalue weighted by Gasteiger charge is -2.04. The van der Waals surface area contributed by atoms with Crippen LogP contribution in [0.1, 0.15) is 16.7 Å². The number of fused-ring (bicyclic) bond motifs is 1.